The molecule has 0 amide bonds. The smallest absolute Gasteiger partial charge is 0.244 e. The number of benzene rings is 1. The van der Waals surface area contributed by atoms with Crippen LogP contribution in [-0.2, 0) is 16.6 Å². The Morgan fingerprint density at radius 2 is 1.95 bits per heavy atom. The second-order valence-electron chi connectivity index (χ2n) is 4.73. The molecule has 0 bridgehead atoms. The molecule has 0 saturated heterocycles. The third-order valence-electron chi connectivity index (χ3n) is 3.34. The molecule has 0 heterocycles. The summed E-state index contributed by atoms with van der Waals surface area (Å²) in [7, 11) is -2.11. The highest BCUT2D eigenvalue weighted by atomic mass is 35.5. The van der Waals surface area contributed by atoms with Gasteiger partial charge in [0.05, 0.1) is 5.02 Å². The van der Waals surface area contributed by atoms with E-state index in [4.69, 9.17) is 28.9 Å². The van der Waals surface area contributed by atoms with E-state index in [0.717, 1.165) is 12.2 Å². The standard InChI is InChI=1S/C13H20Cl2N2O2S2/c1-9(4-5-20-3)17(2)21(18,19)13-6-10(8-16)11(14)7-12(13)15/h6-7,9H,4-5,8,16H2,1-3H3. The average molecular weight is 371 g/mol. The molecule has 0 aliphatic carbocycles. The highest BCUT2D eigenvalue weighted by Gasteiger charge is 2.28. The third kappa shape index (κ3) is 4.50. The fourth-order valence-corrected chi connectivity index (χ4v) is 4.60. The fraction of sp³-hybridized carbons (Fsp3) is 0.538. The summed E-state index contributed by atoms with van der Waals surface area (Å²) in [5.41, 5.74) is 6.14. The Hall–Kier alpha value is 0.0200. The van der Waals surface area contributed by atoms with Gasteiger partial charge in [-0.15, -0.1) is 0 Å². The fourth-order valence-electron chi connectivity index (χ4n) is 1.79. The molecule has 1 aromatic rings. The predicted molar refractivity (Wildman–Crippen MR) is 91.8 cm³/mol. The van der Waals surface area contributed by atoms with Gasteiger partial charge in [-0.25, -0.2) is 8.42 Å². The molecule has 2 N–H and O–H groups in total. The second kappa shape index (κ2) is 8.04. The van der Waals surface area contributed by atoms with Crippen LogP contribution in [0.2, 0.25) is 10.0 Å². The van der Waals surface area contributed by atoms with E-state index in [9.17, 15) is 8.42 Å². The largest absolute Gasteiger partial charge is 0.326 e. The van der Waals surface area contributed by atoms with Gasteiger partial charge in [-0.2, -0.15) is 16.1 Å². The van der Waals surface area contributed by atoms with Crippen molar-refractivity contribution in [2.45, 2.75) is 30.8 Å². The minimum absolute atomic E-state index is 0.0486. The maximum absolute atomic E-state index is 12.7. The summed E-state index contributed by atoms with van der Waals surface area (Å²) in [6.07, 6.45) is 2.76. The van der Waals surface area contributed by atoms with Gasteiger partial charge in [0.25, 0.3) is 0 Å². The number of hydrogen-bond donors (Lipinski definition) is 1. The topological polar surface area (TPSA) is 63.4 Å². The van der Waals surface area contributed by atoms with Crippen LogP contribution in [-0.4, -0.2) is 37.8 Å². The summed E-state index contributed by atoms with van der Waals surface area (Å²) < 4.78 is 26.7. The summed E-state index contributed by atoms with van der Waals surface area (Å²) in [5, 5.41) is 0.487. The van der Waals surface area contributed by atoms with Gasteiger partial charge in [-0.1, -0.05) is 23.2 Å². The Morgan fingerprint density at radius 3 is 2.48 bits per heavy atom. The quantitative estimate of drug-likeness (QED) is 0.799. The van der Waals surface area contributed by atoms with Crippen molar-refractivity contribution in [3.05, 3.63) is 27.7 Å². The van der Waals surface area contributed by atoms with E-state index in [1.54, 1.807) is 18.8 Å². The molecule has 0 saturated carbocycles. The van der Waals surface area contributed by atoms with Gasteiger partial charge in [-0.05, 0) is 43.0 Å². The zero-order valence-corrected chi connectivity index (χ0v) is 15.4. The van der Waals surface area contributed by atoms with Crippen LogP contribution in [0.25, 0.3) is 0 Å². The molecule has 21 heavy (non-hydrogen) atoms. The molecular weight excluding hydrogens is 351 g/mol. The van der Waals surface area contributed by atoms with Crippen LogP contribution < -0.4 is 5.73 Å². The van der Waals surface area contributed by atoms with Crippen molar-refractivity contribution in [1.29, 1.82) is 0 Å². The van der Waals surface area contributed by atoms with Gasteiger partial charge in [0.15, 0.2) is 0 Å². The average Bonchev–Trinajstić information content (AvgIpc) is 2.43. The number of rotatable bonds is 7. The maximum atomic E-state index is 12.7. The molecular formula is C13H20Cl2N2O2S2. The van der Waals surface area contributed by atoms with Crippen LogP contribution in [0.5, 0.6) is 0 Å². The Kier molecular flexibility index (Phi) is 7.30. The van der Waals surface area contributed by atoms with Crippen LogP contribution in [0, 0.1) is 0 Å². The lowest BCUT2D eigenvalue weighted by molar-refractivity contribution is 0.382. The number of hydrogen-bond acceptors (Lipinski definition) is 4. The molecule has 120 valence electrons. The number of nitrogens with zero attached hydrogens (tertiary/aromatic N) is 1. The summed E-state index contributed by atoms with van der Waals surface area (Å²) in [4.78, 5) is 0.0486. The first kappa shape index (κ1) is 19.1. The van der Waals surface area contributed by atoms with Crippen LogP contribution in [0.4, 0.5) is 0 Å². The molecule has 1 rings (SSSR count). The van der Waals surface area contributed by atoms with Gasteiger partial charge in [0, 0.05) is 24.7 Å². The highest BCUT2D eigenvalue weighted by molar-refractivity contribution is 7.98. The van der Waals surface area contributed by atoms with Crippen molar-refractivity contribution in [3.8, 4) is 0 Å². The lowest BCUT2D eigenvalue weighted by atomic mass is 10.2. The molecule has 1 aromatic carbocycles. The molecule has 0 radical (unpaired) electrons. The number of halogens is 2. The van der Waals surface area contributed by atoms with Crippen molar-refractivity contribution >= 4 is 45.0 Å². The molecule has 8 heteroatoms. The predicted octanol–water partition coefficient (Wildman–Crippen LogP) is 3.21. The Bertz CT molecular complexity index is 594. The normalized spacial score (nSPS) is 13.7. The molecule has 0 fully saturated rings. The number of nitrogens with two attached hydrogens (primary N) is 1. The van der Waals surface area contributed by atoms with Crippen LogP contribution >= 0.6 is 35.0 Å². The molecule has 0 aromatic heterocycles. The summed E-state index contributed by atoms with van der Waals surface area (Å²) in [6, 6.07) is 2.77. The SMILES string of the molecule is CSCCC(C)N(C)S(=O)(=O)c1cc(CN)c(Cl)cc1Cl. The molecule has 1 unspecified atom stereocenters. The van der Waals surface area contributed by atoms with E-state index in [0.29, 0.717) is 10.6 Å². The van der Waals surface area contributed by atoms with Gasteiger partial charge in [0.1, 0.15) is 4.90 Å². The minimum atomic E-state index is -3.67. The third-order valence-corrected chi connectivity index (χ3v) is 6.77. The summed E-state index contributed by atoms with van der Waals surface area (Å²) in [5.74, 6) is 0.892. The Morgan fingerprint density at radius 1 is 1.33 bits per heavy atom. The van der Waals surface area contributed by atoms with Gasteiger partial charge in [-0.3, -0.25) is 0 Å². The zero-order valence-electron chi connectivity index (χ0n) is 12.3. The molecule has 0 aliphatic rings. The maximum Gasteiger partial charge on any atom is 0.244 e. The number of thioether (sulfide) groups is 1. The molecule has 0 spiro atoms. The molecule has 1 atom stereocenters. The highest BCUT2D eigenvalue weighted by Crippen LogP contribution is 2.31. The van der Waals surface area contributed by atoms with Crippen molar-refractivity contribution in [2.75, 3.05) is 19.1 Å². The van der Waals surface area contributed by atoms with Gasteiger partial charge >= 0.3 is 0 Å². The zero-order chi connectivity index (χ0) is 16.2. The van der Waals surface area contributed by atoms with Crippen LogP contribution in [0.15, 0.2) is 17.0 Å². The first-order valence-electron chi connectivity index (χ1n) is 6.40. The summed E-state index contributed by atoms with van der Waals surface area (Å²) in [6.45, 7) is 2.03. The van der Waals surface area contributed by atoms with Crippen LogP contribution in [0.1, 0.15) is 18.9 Å². The van der Waals surface area contributed by atoms with E-state index in [1.807, 2.05) is 13.2 Å². The van der Waals surface area contributed by atoms with Crippen molar-refractivity contribution in [1.82, 2.24) is 4.31 Å². The lowest BCUT2D eigenvalue weighted by Gasteiger charge is -2.25. The Labute approximate surface area is 141 Å². The minimum Gasteiger partial charge on any atom is -0.326 e. The second-order valence-corrected chi connectivity index (χ2v) is 8.50. The van der Waals surface area contributed by atoms with E-state index >= 15 is 0 Å². The van der Waals surface area contributed by atoms with Crippen molar-refractivity contribution in [3.63, 3.8) is 0 Å². The van der Waals surface area contributed by atoms with E-state index in [2.05, 4.69) is 0 Å². The summed E-state index contributed by atoms with van der Waals surface area (Å²) >= 11 is 13.7. The first-order valence-corrected chi connectivity index (χ1v) is 9.99. The van der Waals surface area contributed by atoms with Gasteiger partial charge < -0.3 is 5.73 Å². The number of sulfonamides is 1. The Balaban J connectivity index is 3.18. The van der Waals surface area contributed by atoms with E-state index in [-0.39, 0.29) is 22.5 Å². The van der Waals surface area contributed by atoms with Gasteiger partial charge in [0.2, 0.25) is 10.0 Å². The van der Waals surface area contributed by atoms with Crippen LogP contribution in [0.3, 0.4) is 0 Å². The monoisotopic (exact) mass is 370 g/mol. The van der Waals surface area contributed by atoms with E-state index < -0.39 is 10.0 Å². The first-order chi connectivity index (χ1) is 9.75. The molecule has 0 aliphatic heterocycles. The van der Waals surface area contributed by atoms with Crippen molar-refractivity contribution < 1.29 is 8.42 Å². The van der Waals surface area contributed by atoms with Crippen molar-refractivity contribution in [2.24, 2.45) is 5.73 Å². The van der Waals surface area contributed by atoms with E-state index in [1.165, 1.54) is 16.4 Å². The lowest BCUT2D eigenvalue weighted by Crippen LogP contribution is -2.35. The molecule has 4 nitrogen and oxygen atoms in total.